The van der Waals surface area contributed by atoms with Gasteiger partial charge in [0.2, 0.25) is 0 Å². The molecule has 2 aromatic carbocycles. The topological polar surface area (TPSA) is 41.5 Å². The Morgan fingerprint density at radius 3 is 2.76 bits per heavy atom. The molecule has 110 valence electrons. The highest BCUT2D eigenvalue weighted by atomic mass is 16.5. The summed E-state index contributed by atoms with van der Waals surface area (Å²) in [7, 11) is 0. The molecule has 21 heavy (non-hydrogen) atoms. The number of benzene rings is 2. The van der Waals surface area contributed by atoms with E-state index in [1.165, 1.54) is 5.56 Å². The van der Waals surface area contributed by atoms with Gasteiger partial charge in [0, 0.05) is 0 Å². The molecule has 0 saturated carbocycles. The highest BCUT2D eigenvalue weighted by molar-refractivity contribution is 5.59. The minimum Gasteiger partial charge on any atom is -0.508 e. The summed E-state index contributed by atoms with van der Waals surface area (Å²) >= 11 is 0. The van der Waals surface area contributed by atoms with E-state index in [1.807, 2.05) is 44.2 Å². The van der Waals surface area contributed by atoms with Gasteiger partial charge in [-0.3, -0.25) is 0 Å². The Labute approximate surface area is 125 Å². The van der Waals surface area contributed by atoms with Gasteiger partial charge in [-0.25, -0.2) is 0 Å². The number of ether oxygens (including phenoxy) is 1. The fraction of sp³-hybridized carbons (Fsp3) is 0.333. The maximum Gasteiger partial charge on any atom is 0.142 e. The largest absolute Gasteiger partial charge is 0.508 e. The molecule has 0 heterocycles. The molecule has 1 unspecified atom stereocenters. The van der Waals surface area contributed by atoms with Crippen molar-refractivity contribution in [2.75, 3.05) is 5.32 Å². The zero-order chi connectivity index (χ0) is 14.8. The van der Waals surface area contributed by atoms with Crippen LogP contribution in [0.1, 0.15) is 37.4 Å². The minimum absolute atomic E-state index is 0.146. The average molecular weight is 283 g/mol. The number of hydrogen-bond acceptors (Lipinski definition) is 3. The first-order valence-electron chi connectivity index (χ1n) is 7.48. The van der Waals surface area contributed by atoms with Gasteiger partial charge in [-0.1, -0.05) is 24.3 Å². The van der Waals surface area contributed by atoms with Crippen LogP contribution in [0.4, 0.5) is 5.69 Å². The fourth-order valence-corrected chi connectivity index (χ4v) is 2.92. The maximum absolute atomic E-state index is 9.94. The van der Waals surface area contributed by atoms with Crippen molar-refractivity contribution in [3.8, 4) is 11.5 Å². The van der Waals surface area contributed by atoms with Crippen molar-refractivity contribution in [1.82, 2.24) is 0 Å². The highest BCUT2D eigenvalue weighted by Gasteiger charge is 2.25. The lowest BCUT2D eigenvalue weighted by atomic mass is 10.1. The first-order valence-corrected chi connectivity index (χ1v) is 7.48. The van der Waals surface area contributed by atoms with Crippen molar-refractivity contribution in [2.45, 2.75) is 38.8 Å². The second kappa shape index (κ2) is 5.68. The van der Waals surface area contributed by atoms with Crippen LogP contribution in [-0.2, 0) is 6.42 Å². The summed E-state index contributed by atoms with van der Waals surface area (Å²) in [6.07, 6.45) is 2.04. The molecular weight excluding hydrogens is 262 g/mol. The van der Waals surface area contributed by atoms with Crippen LogP contribution in [0.15, 0.2) is 42.5 Å². The van der Waals surface area contributed by atoms with E-state index in [2.05, 4.69) is 11.4 Å². The van der Waals surface area contributed by atoms with Crippen LogP contribution in [-0.4, -0.2) is 11.2 Å². The van der Waals surface area contributed by atoms with Gasteiger partial charge < -0.3 is 15.2 Å². The molecule has 1 aliphatic carbocycles. The number of aromatic hydroxyl groups is 1. The second-order valence-corrected chi connectivity index (χ2v) is 5.74. The van der Waals surface area contributed by atoms with Gasteiger partial charge in [0.15, 0.2) is 0 Å². The molecular formula is C18H21NO2. The third kappa shape index (κ3) is 2.82. The number of fused-ring (bicyclic) bond motifs is 1. The number of rotatable bonds is 4. The Bertz CT molecular complexity index is 637. The van der Waals surface area contributed by atoms with Gasteiger partial charge in [-0.05, 0) is 56.0 Å². The lowest BCUT2D eigenvalue weighted by molar-refractivity contribution is 0.243. The van der Waals surface area contributed by atoms with Gasteiger partial charge in [0.05, 0.1) is 17.8 Å². The Kier molecular flexibility index (Phi) is 3.74. The van der Waals surface area contributed by atoms with E-state index in [9.17, 15) is 5.11 Å². The molecule has 0 aliphatic heterocycles. The van der Waals surface area contributed by atoms with Gasteiger partial charge in [0.1, 0.15) is 11.5 Å². The zero-order valence-electron chi connectivity index (χ0n) is 12.5. The van der Waals surface area contributed by atoms with Gasteiger partial charge in [-0.2, -0.15) is 0 Å². The summed E-state index contributed by atoms with van der Waals surface area (Å²) < 4.78 is 5.86. The Morgan fingerprint density at radius 1 is 1.14 bits per heavy atom. The molecule has 0 aromatic heterocycles. The van der Waals surface area contributed by atoms with Crippen molar-refractivity contribution < 1.29 is 9.84 Å². The number of phenolic OH excluding ortho intramolecular Hbond substituents is 1. The molecule has 0 bridgehead atoms. The molecule has 0 fully saturated rings. The molecule has 0 radical (unpaired) electrons. The fourth-order valence-electron chi connectivity index (χ4n) is 2.92. The summed E-state index contributed by atoms with van der Waals surface area (Å²) in [5.41, 5.74) is 3.26. The third-order valence-corrected chi connectivity index (χ3v) is 3.83. The highest BCUT2D eigenvalue weighted by Crippen LogP contribution is 2.39. The molecule has 3 rings (SSSR count). The molecule has 0 amide bonds. The average Bonchev–Trinajstić information content (AvgIpc) is 2.85. The predicted molar refractivity (Wildman–Crippen MR) is 85.0 cm³/mol. The van der Waals surface area contributed by atoms with Crippen LogP contribution in [0.5, 0.6) is 11.5 Å². The molecule has 3 nitrogen and oxygen atoms in total. The van der Waals surface area contributed by atoms with E-state index < -0.39 is 0 Å². The number of phenols is 1. The van der Waals surface area contributed by atoms with E-state index in [4.69, 9.17) is 4.74 Å². The van der Waals surface area contributed by atoms with Gasteiger partial charge >= 0.3 is 0 Å². The van der Waals surface area contributed by atoms with Gasteiger partial charge in [0.25, 0.3) is 0 Å². The second-order valence-electron chi connectivity index (χ2n) is 5.74. The molecule has 3 heteroatoms. The van der Waals surface area contributed by atoms with Crippen molar-refractivity contribution in [2.24, 2.45) is 0 Å². The Morgan fingerprint density at radius 2 is 1.95 bits per heavy atom. The van der Waals surface area contributed by atoms with E-state index in [0.717, 1.165) is 29.8 Å². The first kappa shape index (κ1) is 13.8. The monoisotopic (exact) mass is 283 g/mol. The standard InChI is InChI=1S/C18H21NO2/c1-12(2)21-18-9-4-3-7-16(18)19-15-11-10-14-13(15)6-5-8-17(14)20/h3-9,12,15,19-20H,10-11H2,1-2H3. The number of anilines is 1. The third-order valence-electron chi connectivity index (χ3n) is 3.83. The van der Waals surface area contributed by atoms with Crippen molar-refractivity contribution >= 4 is 5.69 Å². The number of nitrogens with one attached hydrogen (secondary N) is 1. The summed E-state index contributed by atoms with van der Waals surface area (Å²) in [5.74, 6) is 1.28. The Balaban J connectivity index is 1.85. The first-order chi connectivity index (χ1) is 10.1. The Hall–Kier alpha value is -2.16. The van der Waals surface area contributed by atoms with E-state index in [1.54, 1.807) is 6.07 Å². The molecule has 2 N–H and O–H groups in total. The summed E-state index contributed by atoms with van der Waals surface area (Å²) in [5, 5.41) is 13.5. The van der Waals surface area contributed by atoms with Crippen LogP contribution < -0.4 is 10.1 Å². The lowest BCUT2D eigenvalue weighted by Gasteiger charge is -2.20. The molecule has 0 saturated heterocycles. The minimum atomic E-state index is 0.146. The maximum atomic E-state index is 9.94. The van der Waals surface area contributed by atoms with Crippen LogP contribution in [0.2, 0.25) is 0 Å². The molecule has 1 atom stereocenters. The van der Waals surface area contributed by atoms with Crippen LogP contribution >= 0.6 is 0 Å². The predicted octanol–water partition coefficient (Wildman–Crippen LogP) is 4.28. The molecule has 1 aliphatic rings. The molecule has 0 spiro atoms. The lowest BCUT2D eigenvalue weighted by Crippen LogP contribution is -2.11. The van der Waals surface area contributed by atoms with E-state index in [-0.39, 0.29) is 12.1 Å². The zero-order valence-corrected chi connectivity index (χ0v) is 12.5. The quantitative estimate of drug-likeness (QED) is 0.880. The van der Waals surface area contributed by atoms with Crippen molar-refractivity contribution in [1.29, 1.82) is 0 Å². The van der Waals surface area contributed by atoms with Crippen LogP contribution in [0.3, 0.4) is 0 Å². The van der Waals surface area contributed by atoms with Crippen molar-refractivity contribution in [3.63, 3.8) is 0 Å². The summed E-state index contributed by atoms with van der Waals surface area (Å²) in [6.45, 7) is 4.05. The van der Waals surface area contributed by atoms with Gasteiger partial charge in [-0.15, -0.1) is 0 Å². The van der Waals surface area contributed by atoms with E-state index in [0.29, 0.717) is 5.75 Å². The summed E-state index contributed by atoms with van der Waals surface area (Å²) in [6, 6.07) is 14.0. The normalized spacial score (nSPS) is 16.8. The number of hydrogen-bond donors (Lipinski definition) is 2. The van der Waals surface area contributed by atoms with Crippen LogP contribution in [0, 0.1) is 0 Å². The smallest absolute Gasteiger partial charge is 0.142 e. The van der Waals surface area contributed by atoms with E-state index >= 15 is 0 Å². The SMILES string of the molecule is CC(C)Oc1ccccc1NC1CCc2c(O)cccc21. The summed E-state index contributed by atoms with van der Waals surface area (Å²) in [4.78, 5) is 0. The molecule has 2 aromatic rings. The number of para-hydroxylation sites is 2. The van der Waals surface area contributed by atoms with Crippen molar-refractivity contribution in [3.05, 3.63) is 53.6 Å². The van der Waals surface area contributed by atoms with Crippen LogP contribution in [0.25, 0.3) is 0 Å².